The molecule has 0 radical (unpaired) electrons. The summed E-state index contributed by atoms with van der Waals surface area (Å²) in [6.07, 6.45) is -2.30. The number of nitrogens with one attached hydrogen (secondary N) is 1. The number of sulfonamides is 1. The van der Waals surface area contributed by atoms with Gasteiger partial charge in [0.1, 0.15) is 0 Å². The molecular weight excluding hydrogens is 355 g/mol. The third-order valence-electron chi connectivity index (χ3n) is 4.43. The van der Waals surface area contributed by atoms with Crippen LogP contribution in [-0.2, 0) is 16.2 Å². The first-order valence-electron chi connectivity index (χ1n) is 7.96. The zero-order valence-corrected chi connectivity index (χ0v) is 14.6. The van der Waals surface area contributed by atoms with Crippen molar-refractivity contribution in [3.8, 4) is 6.07 Å². The molecule has 1 aromatic carbocycles. The van der Waals surface area contributed by atoms with Gasteiger partial charge in [0.05, 0.1) is 22.1 Å². The Bertz CT molecular complexity index is 749. The van der Waals surface area contributed by atoms with E-state index in [1.807, 2.05) is 7.05 Å². The monoisotopic (exact) mass is 375 g/mol. The topological polar surface area (TPSA) is 73.2 Å². The van der Waals surface area contributed by atoms with Crippen LogP contribution in [-0.4, -0.2) is 39.4 Å². The van der Waals surface area contributed by atoms with E-state index >= 15 is 0 Å². The molecule has 1 aromatic rings. The van der Waals surface area contributed by atoms with E-state index in [9.17, 15) is 21.6 Å². The van der Waals surface area contributed by atoms with Gasteiger partial charge >= 0.3 is 6.18 Å². The lowest BCUT2D eigenvalue weighted by atomic mass is 9.95. The zero-order chi connectivity index (χ0) is 18.7. The van der Waals surface area contributed by atoms with Gasteiger partial charge in [-0.2, -0.15) is 22.7 Å². The van der Waals surface area contributed by atoms with Crippen LogP contribution < -0.4 is 5.32 Å². The van der Waals surface area contributed by atoms with Crippen LogP contribution in [0.15, 0.2) is 23.1 Å². The Hall–Kier alpha value is -1.63. The van der Waals surface area contributed by atoms with E-state index in [0.717, 1.165) is 25.1 Å². The minimum atomic E-state index is -4.70. The first-order valence-corrected chi connectivity index (χ1v) is 9.40. The second-order valence-corrected chi connectivity index (χ2v) is 7.99. The number of nitriles is 1. The summed E-state index contributed by atoms with van der Waals surface area (Å²) in [5.41, 5.74) is -1.81. The Morgan fingerprint density at radius 2 is 1.96 bits per heavy atom. The molecule has 1 fully saturated rings. The molecule has 9 heteroatoms. The van der Waals surface area contributed by atoms with Gasteiger partial charge in [0.15, 0.2) is 0 Å². The van der Waals surface area contributed by atoms with Crippen molar-refractivity contribution in [3.63, 3.8) is 0 Å². The molecule has 25 heavy (non-hydrogen) atoms. The minimum absolute atomic E-state index is 0.272. The Kier molecular flexibility index (Phi) is 6.08. The van der Waals surface area contributed by atoms with E-state index in [4.69, 9.17) is 5.26 Å². The van der Waals surface area contributed by atoms with Crippen molar-refractivity contribution in [1.29, 1.82) is 5.26 Å². The molecule has 0 aromatic heterocycles. The van der Waals surface area contributed by atoms with E-state index in [2.05, 4.69) is 5.32 Å². The van der Waals surface area contributed by atoms with E-state index in [1.165, 1.54) is 10.4 Å². The van der Waals surface area contributed by atoms with Crippen LogP contribution in [0.1, 0.15) is 30.4 Å². The lowest BCUT2D eigenvalue weighted by Gasteiger charge is -2.31. The predicted octanol–water partition coefficient (Wildman–Crippen LogP) is 2.59. The summed E-state index contributed by atoms with van der Waals surface area (Å²) in [4.78, 5) is -0.272. The van der Waals surface area contributed by atoms with E-state index in [1.54, 1.807) is 0 Å². The molecule has 0 amide bonds. The van der Waals surface area contributed by atoms with E-state index in [0.29, 0.717) is 37.9 Å². The van der Waals surface area contributed by atoms with Gasteiger partial charge in [-0.15, -0.1) is 0 Å². The fraction of sp³-hybridized carbons (Fsp3) is 0.562. The molecule has 0 bridgehead atoms. The number of hydrogen-bond donors (Lipinski definition) is 1. The summed E-state index contributed by atoms with van der Waals surface area (Å²) in [7, 11) is -2.04. The second kappa shape index (κ2) is 7.72. The maximum atomic E-state index is 12.8. The summed E-state index contributed by atoms with van der Waals surface area (Å²) >= 11 is 0. The van der Waals surface area contributed by atoms with Crippen LogP contribution in [0.5, 0.6) is 0 Å². The van der Waals surface area contributed by atoms with Gasteiger partial charge in [0.25, 0.3) is 0 Å². The molecule has 0 atom stereocenters. The van der Waals surface area contributed by atoms with Crippen molar-refractivity contribution in [3.05, 3.63) is 29.3 Å². The summed E-state index contributed by atoms with van der Waals surface area (Å²) in [5, 5.41) is 12.0. The number of alkyl halides is 3. The molecule has 1 heterocycles. The van der Waals surface area contributed by atoms with Crippen LogP contribution >= 0.6 is 0 Å². The Labute approximate surface area is 145 Å². The Balaban J connectivity index is 2.20. The smallest absolute Gasteiger partial charge is 0.320 e. The molecule has 1 aliphatic heterocycles. The van der Waals surface area contributed by atoms with Gasteiger partial charge < -0.3 is 5.32 Å². The molecule has 138 valence electrons. The third kappa shape index (κ3) is 4.51. The van der Waals surface area contributed by atoms with E-state index in [-0.39, 0.29) is 4.90 Å². The number of benzene rings is 1. The highest BCUT2D eigenvalue weighted by Gasteiger charge is 2.35. The van der Waals surface area contributed by atoms with Crippen molar-refractivity contribution in [2.45, 2.75) is 30.3 Å². The SMILES string of the molecule is CNCCC1CCN(S(=O)(=O)c2ccc(C(F)(F)F)c(C#N)c2)CC1. The van der Waals surface area contributed by atoms with Gasteiger partial charge in [-0.3, -0.25) is 0 Å². The van der Waals surface area contributed by atoms with Crippen LogP contribution in [0.4, 0.5) is 13.2 Å². The molecular formula is C16H20F3N3O2S. The quantitative estimate of drug-likeness (QED) is 0.859. The normalized spacial score (nSPS) is 17.4. The van der Waals surface area contributed by atoms with Crippen molar-refractivity contribution < 1.29 is 21.6 Å². The predicted molar refractivity (Wildman–Crippen MR) is 86.2 cm³/mol. The highest BCUT2D eigenvalue weighted by atomic mass is 32.2. The minimum Gasteiger partial charge on any atom is -0.320 e. The molecule has 0 spiro atoms. The van der Waals surface area contributed by atoms with Crippen molar-refractivity contribution in [2.75, 3.05) is 26.7 Å². The number of piperidine rings is 1. The largest absolute Gasteiger partial charge is 0.417 e. The standard InChI is InChI=1S/C16H20F3N3O2S/c1-21-7-4-12-5-8-22(9-6-12)25(23,24)14-2-3-15(16(17,18)19)13(10-14)11-20/h2-3,10,12,21H,4-9H2,1H3. The van der Waals surface area contributed by atoms with Crippen LogP contribution in [0.25, 0.3) is 0 Å². The van der Waals surface area contributed by atoms with Crippen molar-refractivity contribution in [1.82, 2.24) is 9.62 Å². The number of rotatable bonds is 5. The average molecular weight is 375 g/mol. The summed E-state index contributed by atoms with van der Waals surface area (Å²) in [6, 6.07) is 3.83. The van der Waals surface area contributed by atoms with Gasteiger partial charge in [0.2, 0.25) is 10.0 Å². The first kappa shape index (κ1) is 19.7. The van der Waals surface area contributed by atoms with Crippen molar-refractivity contribution >= 4 is 10.0 Å². The Morgan fingerprint density at radius 3 is 2.48 bits per heavy atom. The van der Waals surface area contributed by atoms with Gasteiger partial charge in [-0.1, -0.05) is 0 Å². The molecule has 2 rings (SSSR count). The van der Waals surface area contributed by atoms with Crippen LogP contribution in [0.2, 0.25) is 0 Å². The zero-order valence-electron chi connectivity index (χ0n) is 13.8. The number of nitrogens with zero attached hydrogens (tertiary/aromatic N) is 2. The molecule has 1 saturated heterocycles. The fourth-order valence-electron chi connectivity index (χ4n) is 2.96. The van der Waals surface area contributed by atoms with Crippen LogP contribution in [0.3, 0.4) is 0 Å². The average Bonchev–Trinajstić information content (AvgIpc) is 2.58. The summed E-state index contributed by atoms with van der Waals surface area (Å²) in [6.45, 7) is 1.53. The molecule has 0 saturated carbocycles. The fourth-order valence-corrected chi connectivity index (χ4v) is 4.46. The summed E-state index contributed by atoms with van der Waals surface area (Å²) in [5.74, 6) is 0.432. The maximum absolute atomic E-state index is 12.8. The van der Waals surface area contributed by atoms with Gasteiger partial charge in [-0.05, 0) is 57.0 Å². The highest BCUT2D eigenvalue weighted by Crippen LogP contribution is 2.34. The second-order valence-electron chi connectivity index (χ2n) is 6.06. The Morgan fingerprint density at radius 1 is 1.32 bits per heavy atom. The highest BCUT2D eigenvalue weighted by molar-refractivity contribution is 7.89. The molecule has 0 unspecified atom stereocenters. The van der Waals surface area contributed by atoms with Crippen LogP contribution in [0, 0.1) is 17.2 Å². The molecule has 1 N–H and O–H groups in total. The summed E-state index contributed by atoms with van der Waals surface area (Å²) < 4.78 is 65.1. The lowest BCUT2D eigenvalue weighted by Crippen LogP contribution is -2.39. The van der Waals surface area contributed by atoms with Gasteiger partial charge in [-0.25, -0.2) is 8.42 Å². The number of hydrogen-bond acceptors (Lipinski definition) is 4. The number of halogens is 3. The maximum Gasteiger partial charge on any atom is 0.417 e. The van der Waals surface area contributed by atoms with E-state index < -0.39 is 27.3 Å². The molecule has 5 nitrogen and oxygen atoms in total. The lowest BCUT2D eigenvalue weighted by molar-refractivity contribution is -0.137. The molecule has 1 aliphatic rings. The first-order chi connectivity index (χ1) is 11.7. The van der Waals surface area contributed by atoms with Gasteiger partial charge in [0, 0.05) is 13.1 Å². The third-order valence-corrected chi connectivity index (χ3v) is 6.33. The van der Waals surface area contributed by atoms with Crippen molar-refractivity contribution in [2.24, 2.45) is 5.92 Å². The molecule has 0 aliphatic carbocycles.